The van der Waals surface area contributed by atoms with Crippen LogP contribution in [0.3, 0.4) is 0 Å². The number of amides is 3. The van der Waals surface area contributed by atoms with Crippen molar-refractivity contribution in [3.63, 3.8) is 0 Å². The Balaban J connectivity index is 1.11. The number of rotatable bonds is 6. The highest BCUT2D eigenvalue weighted by molar-refractivity contribution is 6.05. The Morgan fingerprint density at radius 1 is 0.921 bits per heavy atom. The number of aromatic nitrogens is 2. The monoisotopic (exact) mass is 510 g/mol. The molecule has 194 valence electrons. The van der Waals surface area contributed by atoms with Gasteiger partial charge in [-0.1, -0.05) is 24.3 Å². The Bertz CT molecular complexity index is 1300. The van der Waals surface area contributed by atoms with E-state index in [2.05, 4.69) is 43.3 Å². The Labute approximate surface area is 221 Å². The number of piperidine rings is 1. The third kappa shape index (κ3) is 4.82. The third-order valence-electron chi connectivity index (χ3n) is 7.77. The third-order valence-corrected chi connectivity index (χ3v) is 7.77. The smallest absolute Gasteiger partial charge is 0.255 e. The number of nitrogens with zero attached hydrogens (tertiary/aromatic N) is 5. The molecule has 9 nitrogen and oxygen atoms in total. The Kier molecular flexibility index (Phi) is 6.70. The SMILES string of the molecule is O=C1CCC(N2Cc3cc(CN4CCN(C(c5cccnc5)c5cccnc5)CC4)ccc3C2=O)C(=O)N1. The van der Waals surface area contributed by atoms with Gasteiger partial charge in [-0.3, -0.25) is 39.5 Å². The van der Waals surface area contributed by atoms with Gasteiger partial charge in [-0.25, -0.2) is 0 Å². The highest BCUT2D eigenvalue weighted by Crippen LogP contribution is 2.30. The average Bonchev–Trinajstić information content (AvgIpc) is 3.26. The summed E-state index contributed by atoms with van der Waals surface area (Å²) in [6, 6.07) is 13.7. The van der Waals surface area contributed by atoms with Crippen LogP contribution in [0.15, 0.2) is 67.3 Å². The van der Waals surface area contributed by atoms with Crippen molar-refractivity contribution < 1.29 is 14.4 Å². The van der Waals surface area contributed by atoms with E-state index < -0.39 is 6.04 Å². The molecule has 0 aliphatic carbocycles. The minimum atomic E-state index is -0.586. The van der Waals surface area contributed by atoms with Crippen LogP contribution in [-0.2, 0) is 22.7 Å². The number of hydrogen-bond acceptors (Lipinski definition) is 7. The molecule has 0 bridgehead atoms. The van der Waals surface area contributed by atoms with Crippen molar-refractivity contribution in [3.05, 3.63) is 95.1 Å². The molecule has 3 aliphatic heterocycles. The predicted octanol–water partition coefficient (Wildman–Crippen LogP) is 2.14. The summed E-state index contributed by atoms with van der Waals surface area (Å²) in [6.07, 6.45) is 8.12. The summed E-state index contributed by atoms with van der Waals surface area (Å²) in [7, 11) is 0. The molecule has 0 saturated carbocycles. The summed E-state index contributed by atoms with van der Waals surface area (Å²) in [6.45, 7) is 4.89. The van der Waals surface area contributed by atoms with Crippen LogP contribution in [0.5, 0.6) is 0 Å². The van der Waals surface area contributed by atoms with Crippen LogP contribution in [0.1, 0.15) is 51.5 Å². The van der Waals surface area contributed by atoms with Crippen molar-refractivity contribution in [2.24, 2.45) is 0 Å². The number of hydrogen-bond donors (Lipinski definition) is 1. The van der Waals surface area contributed by atoms with Gasteiger partial charge in [0.15, 0.2) is 0 Å². The summed E-state index contributed by atoms with van der Waals surface area (Å²) >= 11 is 0. The van der Waals surface area contributed by atoms with E-state index in [-0.39, 0.29) is 30.2 Å². The minimum absolute atomic E-state index is 0.115. The van der Waals surface area contributed by atoms with Gasteiger partial charge in [0.05, 0.1) is 6.04 Å². The normalized spacial score (nSPS) is 20.6. The van der Waals surface area contributed by atoms with Gasteiger partial charge >= 0.3 is 0 Å². The summed E-state index contributed by atoms with van der Waals surface area (Å²) in [5, 5.41) is 2.36. The Morgan fingerprint density at radius 2 is 1.63 bits per heavy atom. The molecule has 9 heteroatoms. The summed E-state index contributed by atoms with van der Waals surface area (Å²) in [4.78, 5) is 52.1. The summed E-state index contributed by atoms with van der Waals surface area (Å²) in [5.41, 5.74) is 5.09. The number of nitrogens with one attached hydrogen (secondary N) is 1. The first-order chi connectivity index (χ1) is 18.6. The molecule has 0 radical (unpaired) electrons. The molecule has 1 N–H and O–H groups in total. The zero-order valence-corrected chi connectivity index (χ0v) is 21.1. The predicted molar refractivity (Wildman–Crippen MR) is 140 cm³/mol. The lowest BCUT2D eigenvalue weighted by atomic mass is 9.99. The van der Waals surface area contributed by atoms with E-state index in [4.69, 9.17) is 0 Å². The second-order valence-corrected chi connectivity index (χ2v) is 10.2. The fourth-order valence-electron chi connectivity index (χ4n) is 5.85. The molecule has 3 aliphatic rings. The van der Waals surface area contributed by atoms with E-state index in [0.29, 0.717) is 18.5 Å². The number of piperazine rings is 1. The molecule has 0 spiro atoms. The molecule has 2 saturated heterocycles. The van der Waals surface area contributed by atoms with E-state index >= 15 is 0 Å². The highest BCUT2D eigenvalue weighted by Gasteiger charge is 2.39. The van der Waals surface area contributed by atoms with Crippen LogP contribution in [0.2, 0.25) is 0 Å². The Hall–Kier alpha value is -3.95. The van der Waals surface area contributed by atoms with Crippen LogP contribution in [0.25, 0.3) is 0 Å². The van der Waals surface area contributed by atoms with Gasteiger partial charge in [-0.15, -0.1) is 0 Å². The van der Waals surface area contributed by atoms with E-state index in [9.17, 15) is 14.4 Å². The number of imide groups is 1. The van der Waals surface area contributed by atoms with Crippen molar-refractivity contribution in [3.8, 4) is 0 Å². The molecule has 5 heterocycles. The lowest BCUT2D eigenvalue weighted by molar-refractivity contribution is -0.136. The second kappa shape index (κ2) is 10.4. The summed E-state index contributed by atoms with van der Waals surface area (Å²) < 4.78 is 0. The molecule has 6 rings (SSSR count). The van der Waals surface area contributed by atoms with E-state index in [1.165, 1.54) is 0 Å². The summed E-state index contributed by atoms with van der Waals surface area (Å²) in [5.74, 6) is -0.784. The first kappa shape index (κ1) is 24.4. The lowest BCUT2D eigenvalue weighted by Gasteiger charge is -2.39. The van der Waals surface area contributed by atoms with Crippen LogP contribution >= 0.6 is 0 Å². The molecule has 2 aromatic heterocycles. The standard InChI is InChI=1S/C29H30N6O3/c36-26-8-7-25(28(37)32-26)35-19-23-15-20(5-6-24(23)29(35)38)18-33-11-13-34(14-12-33)27(21-3-1-9-30-16-21)22-4-2-10-31-17-22/h1-6,9-10,15-17,25,27H,7-8,11-14,18-19H2,(H,32,36,37). The molecule has 38 heavy (non-hydrogen) atoms. The van der Waals surface area contributed by atoms with Gasteiger partial charge in [0, 0.05) is 76.0 Å². The fourth-order valence-corrected chi connectivity index (χ4v) is 5.85. The topological polar surface area (TPSA) is 98.7 Å². The molecule has 3 amide bonds. The quantitative estimate of drug-likeness (QED) is 0.508. The van der Waals surface area contributed by atoms with Crippen molar-refractivity contribution in [1.82, 2.24) is 30.0 Å². The molecular formula is C29H30N6O3. The largest absolute Gasteiger partial charge is 0.322 e. The van der Waals surface area contributed by atoms with Crippen LogP contribution in [0, 0.1) is 0 Å². The van der Waals surface area contributed by atoms with E-state index in [1.54, 1.807) is 17.3 Å². The van der Waals surface area contributed by atoms with Crippen LogP contribution in [0.4, 0.5) is 0 Å². The van der Waals surface area contributed by atoms with Crippen molar-refractivity contribution in [2.75, 3.05) is 26.2 Å². The molecule has 3 aromatic rings. The maximum absolute atomic E-state index is 13.0. The first-order valence-corrected chi connectivity index (χ1v) is 13.1. The van der Waals surface area contributed by atoms with Crippen molar-refractivity contribution >= 4 is 17.7 Å². The van der Waals surface area contributed by atoms with Crippen molar-refractivity contribution in [1.29, 1.82) is 0 Å². The van der Waals surface area contributed by atoms with Gasteiger partial charge in [0.25, 0.3) is 5.91 Å². The van der Waals surface area contributed by atoms with Crippen molar-refractivity contribution in [2.45, 2.75) is 38.0 Å². The number of carbonyl (C=O) groups excluding carboxylic acids is 3. The maximum Gasteiger partial charge on any atom is 0.255 e. The zero-order chi connectivity index (χ0) is 26.1. The van der Waals surface area contributed by atoms with Gasteiger partial charge in [0.2, 0.25) is 11.8 Å². The second-order valence-electron chi connectivity index (χ2n) is 10.2. The molecular weight excluding hydrogens is 480 g/mol. The highest BCUT2D eigenvalue weighted by atomic mass is 16.2. The van der Waals surface area contributed by atoms with Gasteiger partial charge in [-0.2, -0.15) is 0 Å². The molecule has 1 atom stereocenters. The first-order valence-electron chi connectivity index (χ1n) is 13.1. The van der Waals surface area contributed by atoms with Gasteiger partial charge in [-0.05, 0) is 46.9 Å². The van der Waals surface area contributed by atoms with Crippen LogP contribution < -0.4 is 5.32 Å². The maximum atomic E-state index is 13.0. The van der Waals surface area contributed by atoms with Gasteiger partial charge in [0.1, 0.15) is 6.04 Å². The average molecular weight is 511 g/mol. The number of carbonyl (C=O) groups is 3. The minimum Gasteiger partial charge on any atom is -0.322 e. The number of benzene rings is 1. The molecule has 2 fully saturated rings. The Morgan fingerprint density at radius 3 is 2.26 bits per heavy atom. The molecule has 1 unspecified atom stereocenters. The van der Waals surface area contributed by atoms with Crippen LogP contribution in [-0.4, -0.2) is 74.6 Å². The fraction of sp³-hybridized carbons (Fsp3) is 0.345. The zero-order valence-electron chi connectivity index (χ0n) is 21.1. The number of fused-ring (bicyclic) bond motifs is 1. The molecule has 1 aromatic carbocycles. The number of pyridine rings is 2. The van der Waals surface area contributed by atoms with E-state index in [1.807, 2.05) is 36.7 Å². The van der Waals surface area contributed by atoms with E-state index in [0.717, 1.165) is 55.0 Å². The lowest BCUT2D eigenvalue weighted by Crippen LogP contribution is -2.52. The van der Waals surface area contributed by atoms with Gasteiger partial charge < -0.3 is 4.90 Å².